The van der Waals surface area contributed by atoms with Crippen molar-refractivity contribution in [1.29, 1.82) is 0 Å². The van der Waals surface area contributed by atoms with Crippen LogP contribution < -0.4 is 4.74 Å². The molecule has 1 N–H and O–H groups in total. The smallest absolute Gasteiger partial charge is 0.339 e. The summed E-state index contributed by atoms with van der Waals surface area (Å²) in [5, 5.41) is 13.2. The molecule has 0 saturated heterocycles. The summed E-state index contributed by atoms with van der Waals surface area (Å²) in [7, 11) is 3.24. The Bertz CT molecular complexity index is 607. The first-order chi connectivity index (χ1) is 8.54. The summed E-state index contributed by atoms with van der Waals surface area (Å²) in [6, 6.07) is 5.42. The number of methoxy groups -OCH3 is 1. The number of carboxylic acid groups (broad SMARTS) is 1. The monoisotopic (exact) mass is 310 g/mol. The second-order valence-corrected chi connectivity index (χ2v) is 4.60. The van der Waals surface area contributed by atoms with Gasteiger partial charge in [0.25, 0.3) is 0 Å². The molecule has 0 fully saturated rings. The minimum Gasteiger partial charge on any atom is -0.496 e. The molecule has 0 saturated carbocycles. The molecular formula is C12H11BrN2O3. The zero-order valence-electron chi connectivity index (χ0n) is 9.85. The quantitative estimate of drug-likeness (QED) is 0.946. The van der Waals surface area contributed by atoms with Crippen LogP contribution in [0.4, 0.5) is 0 Å². The highest BCUT2D eigenvalue weighted by Crippen LogP contribution is 2.34. The molecular weight excluding hydrogens is 300 g/mol. The van der Waals surface area contributed by atoms with E-state index < -0.39 is 5.97 Å². The van der Waals surface area contributed by atoms with E-state index in [4.69, 9.17) is 9.84 Å². The first kappa shape index (κ1) is 12.6. The van der Waals surface area contributed by atoms with E-state index >= 15 is 0 Å². The van der Waals surface area contributed by atoms with Gasteiger partial charge in [0.15, 0.2) is 0 Å². The molecule has 6 heteroatoms. The number of aromatic nitrogens is 2. The summed E-state index contributed by atoms with van der Waals surface area (Å²) in [5.41, 5.74) is 1.35. The molecule has 1 aromatic heterocycles. The van der Waals surface area contributed by atoms with Crippen LogP contribution >= 0.6 is 15.9 Å². The van der Waals surface area contributed by atoms with Gasteiger partial charge in [-0.1, -0.05) is 15.9 Å². The van der Waals surface area contributed by atoms with Gasteiger partial charge < -0.3 is 9.84 Å². The van der Waals surface area contributed by atoms with Crippen molar-refractivity contribution in [2.24, 2.45) is 7.05 Å². The number of carbonyl (C=O) groups is 1. The zero-order chi connectivity index (χ0) is 13.3. The van der Waals surface area contributed by atoms with Gasteiger partial charge in [-0.3, -0.25) is 4.68 Å². The fraction of sp³-hybridized carbons (Fsp3) is 0.167. The second kappa shape index (κ2) is 4.81. The Morgan fingerprint density at radius 2 is 2.22 bits per heavy atom. The van der Waals surface area contributed by atoms with Crippen molar-refractivity contribution >= 4 is 21.9 Å². The van der Waals surface area contributed by atoms with Gasteiger partial charge in [-0.2, -0.15) is 5.10 Å². The Hall–Kier alpha value is -1.82. The van der Waals surface area contributed by atoms with E-state index in [0.717, 1.165) is 4.47 Å². The maximum absolute atomic E-state index is 11.2. The van der Waals surface area contributed by atoms with Crippen LogP contribution in [0, 0.1) is 0 Å². The predicted molar refractivity (Wildman–Crippen MR) is 69.9 cm³/mol. The van der Waals surface area contributed by atoms with E-state index in [-0.39, 0.29) is 5.56 Å². The third-order valence-electron chi connectivity index (χ3n) is 2.59. The fourth-order valence-electron chi connectivity index (χ4n) is 1.78. The SMILES string of the molecule is COc1ccc(Br)cc1-c1c(C(=O)O)cnn1C. The number of ether oxygens (including phenoxy) is 1. The molecule has 5 nitrogen and oxygen atoms in total. The van der Waals surface area contributed by atoms with Gasteiger partial charge in [0.2, 0.25) is 0 Å². The van der Waals surface area contributed by atoms with E-state index in [1.807, 2.05) is 12.1 Å². The molecule has 0 aliphatic rings. The van der Waals surface area contributed by atoms with E-state index in [9.17, 15) is 4.79 Å². The van der Waals surface area contributed by atoms with Crippen LogP contribution in [0.1, 0.15) is 10.4 Å². The highest BCUT2D eigenvalue weighted by molar-refractivity contribution is 9.10. The lowest BCUT2D eigenvalue weighted by Crippen LogP contribution is -2.02. The number of rotatable bonds is 3. The van der Waals surface area contributed by atoms with Gasteiger partial charge in [-0.05, 0) is 18.2 Å². The van der Waals surface area contributed by atoms with Gasteiger partial charge in [0, 0.05) is 17.1 Å². The van der Waals surface area contributed by atoms with Crippen LogP contribution in [0.15, 0.2) is 28.9 Å². The molecule has 0 spiro atoms. The number of aryl methyl sites for hydroxylation is 1. The molecule has 18 heavy (non-hydrogen) atoms. The third kappa shape index (κ3) is 2.11. The average Bonchev–Trinajstić information content (AvgIpc) is 2.71. The fourth-order valence-corrected chi connectivity index (χ4v) is 2.14. The van der Waals surface area contributed by atoms with Crippen molar-refractivity contribution in [3.63, 3.8) is 0 Å². The first-order valence-corrected chi connectivity index (χ1v) is 5.93. The molecule has 0 amide bonds. The number of halogens is 1. The van der Waals surface area contributed by atoms with Gasteiger partial charge in [0.1, 0.15) is 11.3 Å². The van der Waals surface area contributed by atoms with E-state index in [1.165, 1.54) is 10.9 Å². The maximum Gasteiger partial charge on any atom is 0.339 e. The molecule has 1 heterocycles. The Morgan fingerprint density at radius 1 is 1.50 bits per heavy atom. The number of hydrogen-bond acceptors (Lipinski definition) is 3. The first-order valence-electron chi connectivity index (χ1n) is 5.13. The van der Waals surface area contributed by atoms with E-state index in [1.54, 1.807) is 20.2 Å². The minimum atomic E-state index is -1.01. The summed E-state index contributed by atoms with van der Waals surface area (Å²) in [6.07, 6.45) is 1.33. The predicted octanol–water partition coefficient (Wildman–Crippen LogP) is 2.56. The zero-order valence-corrected chi connectivity index (χ0v) is 11.4. The molecule has 0 aliphatic heterocycles. The summed E-state index contributed by atoms with van der Waals surface area (Å²) in [4.78, 5) is 11.2. The van der Waals surface area contributed by atoms with Gasteiger partial charge in [0.05, 0.1) is 19.0 Å². The minimum absolute atomic E-state index is 0.147. The second-order valence-electron chi connectivity index (χ2n) is 3.68. The van der Waals surface area contributed by atoms with Crippen LogP contribution in [0.5, 0.6) is 5.75 Å². The van der Waals surface area contributed by atoms with Gasteiger partial charge in [-0.15, -0.1) is 0 Å². The Morgan fingerprint density at radius 3 is 2.83 bits per heavy atom. The third-order valence-corrected chi connectivity index (χ3v) is 3.08. The van der Waals surface area contributed by atoms with Crippen LogP contribution in [-0.4, -0.2) is 28.0 Å². The van der Waals surface area contributed by atoms with E-state index in [2.05, 4.69) is 21.0 Å². The Balaban J connectivity index is 2.71. The van der Waals surface area contributed by atoms with Gasteiger partial charge in [-0.25, -0.2) is 4.79 Å². The molecule has 1 aromatic carbocycles. The molecule has 2 aromatic rings. The standard InChI is InChI=1S/C12H11BrN2O3/c1-15-11(9(6-14-15)12(16)17)8-5-7(13)3-4-10(8)18-2/h3-6H,1-2H3,(H,16,17). The Kier molecular flexibility index (Phi) is 3.38. The summed E-state index contributed by atoms with van der Waals surface area (Å²) < 4.78 is 7.62. The van der Waals surface area contributed by atoms with Gasteiger partial charge >= 0.3 is 5.97 Å². The summed E-state index contributed by atoms with van der Waals surface area (Å²) >= 11 is 3.36. The summed E-state index contributed by atoms with van der Waals surface area (Å²) in [5.74, 6) is -0.413. The lowest BCUT2D eigenvalue weighted by molar-refractivity contribution is 0.0697. The number of aromatic carboxylic acids is 1. The highest BCUT2D eigenvalue weighted by Gasteiger charge is 2.19. The molecule has 0 bridgehead atoms. The lowest BCUT2D eigenvalue weighted by atomic mass is 10.1. The van der Waals surface area contributed by atoms with Crippen LogP contribution in [0.3, 0.4) is 0 Å². The van der Waals surface area contributed by atoms with Crippen molar-refractivity contribution in [3.05, 3.63) is 34.4 Å². The number of carboxylic acids is 1. The van der Waals surface area contributed by atoms with Crippen molar-refractivity contribution < 1.29 is 14.6 Å². The van der Waals surface area contributed by atoms with Crippen molar-refractivity contribution in [2.75, 3.05) is 7.11 Å². The van der Waals surface area contributed by atoms with Crippen molar-refractivity contribution in [2.45, 2.75) is 0 Å². The normalized spacial score (nSPS) is 10.4. The van der Waals surface area contributed by atoms with Crippen LogP contribution in [0.2, 0.25) is 0 Å². The topological polar surface area (TPSA) is 64.3 Å². The number of hydrogen-bond donors (Lipinski definition) is 1. The molecule has 2 rings (SSSR count). The maximum atomic E-state index is 11.2. The van der Waals surface area contributed by atoms with Crippen LogP contribution in [0.25, 0.3) is 11.3 Å². The average molecular weight is 311 g/mol. The van der Waals surface area contributed by atoms with Crippen LogP contribution in [-0.2, 0) is 7.05 Å². The largest absolute Gasteiger partial charge is 0.496 e. The van der Waals surface area contributed by atoms with Crippen molar-refractivity contribution in [1.82, 2.24) is 9.78 Å². The number of nitrogens with zero attached hydrogens (tertiary/aromatic N) is 2. The van der Waals surface area contributed by atoms with E-state index in [0.29, 0.717) is 17.0 Å². The number of benzene rings is 1. The Labute approximate surface area is 112 Å². The highest BCUT2D eigenvalue weighted by atomic mass is 79.9. The van der Waals surface area contributed by atoms with Crippen molar-refractivity contribution in [3.8, 4) is 17.0 Å². The molecule has 0 aliphatic carbocycles. The lowest BCUT2D eigenvalue weighted by Gasteiger charge is -2.10. The molecule has 94 valence electrons. The molecule has 0 atom stereocenters. The summed E-state index contributed by atoms with van der Waals surface area (Å²) in [6.45, 7) is 0. The molecule has 0 radical (unpaired) electrons. The molecule has 0 unspecified atom stereocenters.